The Labute approximate surface area is 91.8 Å². The molecule has 0 radical (unpaired) electrons. The molecule has 2 N–H and O–H groups in total. The normalized spacial score (nSPS) is 13.0. The van der Waals surface area contributed by atoms with Crippen LogP contribution in [0.15, 0.2) is 23.5 Å². The molecule has 0 fully saturated rings. The number of nitrogens with two attached hydrogens (primary N) is 1. The summed E-state index contributed by atoms with van der Waals surface area (Å²) in [5.74, 6) is -0.198. The third-order valence-corrected chi connectivity index (χ3v) is 4.29. The summed E-state index contributed by atoms with van der Waals surface area (Å²) >= 11 is 0. The van der Waals surface area contributed by atoms with Crippen LogP contribution in [0.4, 0.5) is 4.39 Å². The predicted octanol–water partition coefficient (Wildman–Crippen LogP) is 3.31. The Morgan fingerprint density at radius 3 is 2.40 bits per heavy atom. The second-order valence-electron chi connectivity index (χ2n) is 4.85. The first kappa shape index (κ1) is 12.0. The van der Waals surface area contributed by atoms with Crippen LogP contribution in [0.2, 0.25) is 19.6 Å². The maximum Gasteiger partial charge on any atom is 0.123 e. The van der Waals surface area contributed by atoms with Gasteiger partial charge < -0.3 is 5.73 Å². The summed E-state index contributed by atoms with van der Waals surface area (Å²) < 4.78 is 12.9. The van der Waals surface area contributed by atoms with Crippen molar-refractivity contribution in [3.63, 3.8) is 0 Å². The van der Waals surface area contributed by atoms with Gasteiger partial charge in [0.1, 0.15) is 5.82 Å². The van der Waals surface area contributed by atoms with E-state index >= 15 is 0 Å². The molecule has 0 aliphatic heterocycles. The quantitative estimate of drug-likeness (QED) is 0.765. The molecule has 0 atom stereocenters. The number of hydrogen-bond acceptors (Lipinski definition) is 1. The Hall–Kier alpha value is -1.09. The minimum Gasteiger partial charge on any atom is -0.406 e. The van der Waals surface area contributed by atoms with Crippen molar-refractivity contribution < 1.29 is 4.39 Å². The average Bonchev–Trinajstić information content (AvgIpc) is 2.08. The summed E-state index contributed by atoms with van der Waals surface area (Å²) in [5, 5.41) is 0.942. The van der Waals surface area contributed by atoms with Gasteiger partial charge in [0, 0.05) is 0 Å². The van der Waals surface area contributed by atoms with Crippen LogP contribution in [0.1, 0.15) is 11.1 Å². The fraction of sp³-hybridized carbons (Fsp3) is 0.333. The highest BCUT2D eigenvalue weighted by Crippen LogP contribution is 2.17. The monoisotopic (exact) mass is 223 g/mol. The van der Waals surface area contributed by atoms with Gasteiger partial charge in [-0.1, -0.05) is 25.7 Å². The zero-order chi connectivity index (χ0) is 11.6. The minimum atomic E-state index is -1.43. The molecule has 15 heavy (non-hydrogen) atoms. The van der Waals surface area contributed by atoms with Crippen LogP contribution >= 0.6 is 0 Å². The Kier molecular flexibility index (Phi) is 3.34. The molecule has 1 aromatic rings. The van der Waals surface area contributed by atoms with E-state index in [1.54, 1.807) is 6.07 Å². The van der Waals surface area contributed by atoms with Gasteiger partial charge in [-0.15, -0.1) is 0 Å². The van der Waals surface area contributed by atoms with Gasteiger partial charge in [0.25, 0.3) is 0 Å². The van der Waals surface area contributed by atoms with Crippen molar-refractivity contribution >= 4 is 14.1 Å². The van der Waals surface area contributed by atoms with Crippen LogP contribution in [0, 0.1) is 12.7 Å². The van der Waals surface area contributed by atoms with E-state index in [0.29, 0.717) is 0 Å². The van der Waals surface area contributed by atoms with Gasteiger partial charge >= 0.3 is 0 Å². The zero-order valence-corrected chi connectivity index (χ0v) is 10.8. The number of halogens is 1. The lowest BCUT2D eigenvalue weighted by Gasteiger charge is -2.16. The molecular weight excluding hydrogens is 205 g/mol. The fourth-order valence-corrected chi connectivity index (χ4v) is 1.77. The van der Waals surface area contributed by atoms with Crippen molar-refractivity contribution in [2.45, 2.75) is 26.6 Å². The summed E-state index contributed by atoms with van der Waals surface area (Å²) in [6.45, 7) is 8.47. The molecule has 1 nitrogen and oxygen atoms in total. The van der Waals surface area contributed by atoms with Crippen molar-refractivity contribution in [3.8, 4) is 0 Å². The van der Waals surface area contributed by atoms with E-state index in [2.05, 4.69) is 19.6 Å². The van der Waals surface area contributed by atoms with Crippen LogP contribution in [-0.2, 0) is 0 Å². The largest absolute Gasteiger partial charge is 0.406 e. The lowest BCUT2D eigenvalue weighted by Crippen LogP contribution is -2.29. The maximum atomic E-state index is 12.9. The van der Waals surface area contributed by atoms with Gasteiger partial charge in [-0.25, -0.2) is 4.39 Å². The lowest BCUT2D eigenvalue weighted by atomic mass is 10.1. The zero-order valence-electron chi connectivity index (χ0n) is 9.76. The predicted molar refractivity (Wildman–Crippen MR) is 66.6 cm³/mol. The van der Waals surface area contributed by atoms with Crippen LogP contribution in [0.3, 0.4) is 0 Å². The van der Waals surface area contributed by atoms with Crippen LogP contribution in [-0.4, -0.2) is 8.07 Å². The molecule has 1 aromatic carbocycles. The van der Waals surface area contributed by atoms with E-state index in [9.17, 15) is 4.39 Å². The van der Waals surface area contributed by atoms with Crippen molar-refractivity contribution in [2.24, 2.45) is 5.73 Å². The van der Waals surface area contributed by atoms with Crippen molar-refractivity contribution in [3.05, 3.63) is 40.5 Å². The van der Waals surface area contributed by atoms with Crippen molar-refractivity contribution in [1.29, 1.82) is 0 Å². The first-order valence-electron chi connectivity index (χ1n) is 5.04. The summed E-state index contributed by atoms with van der Waals surface area (Å²) in [7, 11) is -1.43. The number of rotatable bonds is 2. The van der Waals surface area contributed by atoms with Crippen LogP contribution in [0.5, 0.6) is 0 Å². The molecule has 0 saturated heterocycles. The molecule has 0 amide bonds. The van der Waals surface area contributed by atoms with Gasteiger partial charge in [-0.3, -0.25) is 0 Å². The smallest absolute Gasteiger partial charge is 0.123 e. The molecule has 0 heterocycles. The van der Waals surface area contributed by atoms with Gasteiger partial charge in [-0.2, -0.15) is 0 Å². The SMILES string of the molecule is Cc1cc(F)ccc1/C=C(\N)[Si](C)(C)C. The van der Waals surface area contributed by atoms with Gasteiger partial charge in [0.05, 0.1) is 8.07 Å². The maximum absolute atomic E-state index is 12.9. The molecule has 3 heteroatoms. The average molecular weight is 223 g/mol. The second-order valence-corrected chi connectivity index (χ2v) is 9.93. The fourth-order valence-electron chi connectivity index (χ4n) is 1.19. The number of aryl methyl sites for hydroxylation is 1. The van der Waals surface area contributed by atoms with E-state index in [0.717, 1.165) is 16.4 Å². The molecule has 0 bridgehead atoms. The highest BCUT2D eigenvalue weighted by molar-refractivity contribution is 6.83. The lowest BCUT2D eigenvalue weighted by molar-refractivity contribution is 0.626. The second kappa shape index (κ2) is 4.19. The number of benzene rings is 1. The van der Waals surface area contributed by atoms with Gasteiger partial charge in [0.2, 0.25) is 0 Å². The topological polar surface area (TPSA) is 26.0 Å². The minimum absolute atomic E-state index is 0.198. The standard InChI is InChI=1S/C12H18FNSi/c1-9-7-11(13)6-5-10(9)8-12(14)15(2,3)4/h5-8H,14H2,1-4H3/b12-8+. The van der Waals surface area contributed by atoms with E-state index in [-0.39, 0.29) is 5.82 Å². The molecule has 0 aromatic heterocycles. The van der Waals surface area contributed by atoms with E-state index in [1.807, 2.05) is 13.0 Å². The van der Waals surface area contributed by atoms with Gasteiger partial charge in [-0.05, 0) is 41.6 Å². The molecule has 0 spiro atoms. The molecular formula is C12H18FNSi. The molecule has 1 rings (SSSR count). The summed E-state index contributed by atoms with van der Waals surface area (Å²) in [6, 6.07) is 4.78. The van der Waals surface area contributed by atoms with Crippen molar-refractivity contribution in [1.82, 2.24) is 0 Å². The Balaban J connectivity index is 3.09. The summed E-state index contributed by atoms with van der Waals surface area (Å²) in [5.41, 5.74) is 7.96. The molecule has 0 saturated carbocycles. The number of hydrogen-bond donors (Lipinski definition) is 1. The third kappa shape index (κ3) is 3.20. The molecule has 0 aliphatic rings. The van der Waals surface area contributed by atoms with Crippen LogP contribution in [0.25, 0.3) is 6.08 Å². The highest BCUT2D eigenvalue weighted by atomic mass is 28.3. The Morgan fingerprint density at radius 1 is 1.33 bits per heavy atom. The first-order valence-corrected chi connectivity index (χ1v) is 8.54. The van der Waals surface area contributed by atoms with Crippen molar-refractivity contribution in [2.75, 3.05) is 0 Å². The Morgan fingerprint density at radius 2 is 1.93 bits per heavy atom. The van der Waals surface area contributed by atoms with E-state index in [4.69, 9.17) is 5.73 Å². The molecule has 0 aliphatic carbocycles. The van der Waals surface area contributed by atoms with E-state index < -0.39 is 8.07 Å². The first-order chi connectivity index (χ1) is 6.80. The molecule has 0 unspecified atom stereocenters. The summed E-state index contributed by atoms with van der Waals surface area (Å²) in [6.07, 6.45) is 1.97. The highest BCUT2D eigenvalue weighted by Gasteiger charge is 2.16. The van der Waals surface area contributed by atoms with Crippen LogP contribution < -0.4 is 5.73 Å². The third-order valence-electron chi connectivity index (χ3n) is 2.41. The van der Waals surface area contributed by atoms with Gasteiger partial charge in [0.15, 0.2) is 0 Å². The Bertz CT molecular complexity index is 391. The summed E-state index contributed by atoms with van der Waals surface area (Å²) in [4.78, 5) is 0. The molecule has 82 valence electrons. The van der Waals surface area contributed by atoms with E-state index in [1.165, 1.54) is 12.1 Å².